The Balaban J connectivity index is 1.86. The number of ether oxygens (including phenoxy) is 1. The van der Waals surface area contributed by atoms with E-state index in [2.05, 4.69) is 29.3 Å². The Kier molecular flexibility index (Phi) is 8.12. The first kappa shape index (κ1) is 20.5. The van der Waals surface area contributed by atoms with Crippen molar-refractivity contribution >= 4 is 17.7 Å². The van der Waals surface area contributed by atoms with Crippen molar-refractivity contribution in [1.82, 2.24) is 15.5 Å². The topological polar surface area (TPSA) is 77.2 Å². The van der Waals surface area contributed by atoms with Crippen LogP contribution in [0.4, 0.5) is 0 Å². The molecule has 0 fully saturated rings. The number of hydrogen-bond donors (Lipinski definition) is 1. The number of nitrogens with one attached hydrogen (secondary N) is 1. The summed E-state index contributed by atoms with van der Waals surface area (Å²) in [6.45, 7) is 10.0. The molecule has 6 nitrogen and oxygen atoms in total. The van der Waals surface area contributed by atoms with Gasteiger partial charge in [-0.25, -0.2) is 4.98 Å². The Morgan fingerprint density at radius 1 is 1.38 bits per heavy atom. The SMILES string of the molecule is Cc1noc(C)c1CSc1ncccc1C(=O)NCCCOCC(C)C. The molecule has 2 aromatic heterocycles. The van der Waals surface area contributed by atoms with Gasteiger partial charge in [0.05, 0.1) is 11.3 Å². The fraction of sp³-hybridized carbons (Fsp3) is 0.526. The number of aromatic nitrogens is 2. The van der Waals surface area contributed by atoms with Crippen LogP contribution in [0.2, 0.25) is 0 Å². The maximum atomic E-state index is 12.5. The molecule has 0 aliphatic carbocycles. The molecule has 0 saturated carbocycles. The van der Waals surface area contributed by atoms with E-state index in [9.17, 15) is 4.79 Å². The molecule has 0 atom stereocenters. The number of pyridine rings is 1. The van der Waals surface area contributed by atoms with Crippen LogP contribution < -0.4 is 5.32 Å². The summed E-state index contributed by atoms with van der Waals surface area (Å²) < 4.78 is 10.7. The third kappa shape index (κ3) is 6.14. The first-order valence-corrected chi connectivity index (χ1v) is 9.83. The van der Waals surface area contributed by atoms with Crippen LogP contribution in [0.5, 0.6) is 0 Å². The molecule has 0 aliphatic rings. The minimum absolute atomic E-state index is 0.108. The van der Waals surface area contributed by atoms with Gasteiger partial charge in [-0.15, -0.1) is 11.8 Å². The molecule has 1 amide bonds. The molecule has 7 heteroatoms. The van der Waals surface area contributed by atoms with Crippen molar-refractivity contribution in [2.45, 2.75) is 44.9 Å². The molecule has 0 aliphatic heterocycles. The van der Waals surface area contributed by atoms with Crippen molar-refractivity contribution in [2.75, 3.05) is 19.8 Å². The first-order valence-electron chi connectivity index (χ1n) is 8.84. The number of amides is 1. The van der Waals surface area contributed by atoms with Crippen molar-refractivity contribution in [3.63, 3.8) is 0 Å². The molecule has 0 aromatic carbocycles. The van der Waals surface area contributed by atoms with E-state index in [4.69, 9.17) is 9.26 Å². The smallest absolute Gasteiger partial charge is 0.254 e. The zero-order chi connectivity index (χ0) is 18.9. The highest BCUT2D eigenvalue weighted by molar-refractivity contribution is 7.98. The van der Waals surface area contributed by atoms with Gasteiger partial charge in [0, 0.05) is 37.3 Å². The normalized spacial score (nSPS) is 11.1. The zero-order valence-electron chi connectivity index (χ0n) is 15.9. The standard InChI is InChI=1S/C19H27N3O3S/c1-13(2)11-24-10-6-9-20-18(23)16-7-5-8-21-19(16)26-12-17-14(3)22-25-15(17)4/h5,7-8,13H,6,9-12H2,1-4H3,(H,20,23). The highest BCUT2D eigenvalue weighted by Crippen LogP contribution is 2.27. The van der Waals surface area contributed by atoms with Crippen LogP contribution in [-0.4, -0.2) is 35.8 Å². The summed E-state index contributed by atoms with van der Waals surface area (Å²) in [5.74, 6) is 1.89. The van der Waals surface area contributed by atoms with Crippen LogP contribution in [0.25, 0.3) is 0 Å². The summed E-state index contributed by atoms with van der Waals surface area (Å²) in [5.41, 5.74) is 2.51. The molecule has 0 unspecified atom stereocenters. The van der Waals surface area contributed by atoms with Crippen molar-refractivity contribution in [3.05, 3.63) is 40.9 Å². The highest BCUT2D eigenvalue weighted by Gasteiger charge is 2.15. The average Bonchev–Trinajstić information content (AvgIpc) is 2.94. The zero-order valence-corrected chi connectivity index (χ0v) is 16.7. The van der Waals surface area contributed by atoms with Gasteiger partial charge in [-0.1, -0.05) is 19.0 Å². The molecule has 0 radical (unpaired) electrons. The van der Waals surface area contributed by atoms with E-state index in [0.29, 0.717) is 35.4 Å². The van der Waals surface area contributed by atoms with E-state index in [1.54, 1.807) is 18.3 Å². The first-order chi connectivity index (χ1) is 12.5. The third-order valence-electron chi connectivity index (χ3n) is 3.75. The third-order valence-corrected chi connectivity index (χ3v) is 4.78. The fourth-order valence-corrected chi connectivity index (χ4v) is 3.46. The highest BCUT2D eigenvalue weighted by atomic mass is 32.2. The number of aryl methyl sites for hydroxylation is 2. The van der Waals surface area contributed by atoms with E-state index in [1.165, 1.54) is 11.8 Å². The van der Waals surface area contributed by atoms with E-state index < -0.39 is 0 Å². The van der Waals surface area contributed by atoms with Crippen molar-refractivity contribution in [2.24, 2.45) is 5.92 Å². The molecular formula is C19H27N3O3S. The minimum Gasteiger partial charge on any atom is -0.381 e. The van der Waals surface area contributed by atoms with E-state index >= 15 is 0 Å². The van der Waals surface area contributed by atoms with Gasteiger partial charge in [0.15, 0.2) is 0 Å². The van der Waals surface area contributed by atoms with Gasteiger partial charge in [0.1, 0.15) is 10.8 Å². The van der Waals surface area contributed by atoms with Gasteiger partial charge >= 0.3 is 0 Å². The van der Waals surface area contributed by atoms with Gasteiger partial charge in [0.2, 0.25) is 0 Å². The maximum absolute atomic E-state index is 12.5. The monoisotopic (exact) mass is 377 g/mol. The Morgan fingerprint density at radius 2 is 2.19 bits per heavy atom. The molecule has 142 valence electrons. The van der Waals surface area contributed by atoms with Crippen molar-refractivity contribution < 1.29 is 14.1 Å². The molecule has 26 heavy (non-hydrogen) atoms. The molecule has 1 N–H and O–H groups in total. The average molecular weight is 378 g/mol. The number of nitrogens with zero attached hydrogens (tertiary/aromatic N) is 2. The van der Waals surface area contributed by atoms with Crippen LogP contribution in [0, 0.1) is 19.8 Å². The van der Waals surface area contributed by atoms with Crippen LogP contribution >= 0.6 is 11.8 Å². The molecule has 0 saturated heterocycles. The lowest BCUT2D eigenvalue weighted by Gasteiger charge is -2.10. The quantitative estimate of drug-likeness (QED) is 0.502. The summed E-state index contributed by atoms with van der Waals surface area (Å²) >= 11 is 1.52. The lowest BCUT2D eigenvalue weighted by Crippen LogP contribution is -2.26. The Hall–Kier alpha value is -1.86. The number of hydrogen-bond acceptors (Lipinski definition) is 6. The molecule has 0 spiro atoms. The van der Waals surface area contributed by atoms with Crippen LogP contribution in [0.1, 0.15) is 47.6 Å². The van der Waals surface area contributed by atoms with Crippen molar-refractivity contribution in [3.8, 4) is 0 Å². The predicted molar refractivity (Wildman–Crippen MR) is 102 cm³/mol. The molecule has 2 rings (SSSR count). The van der Waals surface area contributed by atoms with Crippen LogP contribution in [0.15, 0.2) is 27.9 Å². The largest absolute Gasteiger partial charge is 0.381 e. The van der Waals surface area contributed by atoms with E-state index in [-0.39, 0.29) is 5.91 Å². The Labute approximate surface area is 159 Å². The van der Waals surface area contributed by atoms with Gasteiger partial charge in [-0.05, 0) is 38.3 Å². The number of carbonyl (C=O) groups is 1. The second-order valence-corrected chi connectivity index (χ2v) is 7.49. The summed E-state index contributed by atoms with van der Waals surface area (Å²) in [7, 11) is 0. The Bertz CT molecular complexity index is 696. The lowest BCUT2D eigenvalue weighted by atomic mass is 10.2. The molecular weight excluding hydrogens is 350 g/mol. The van der Waals surface area contributed by atoms with Gasteiger partial charge in [-0.3, -0.25) is 4.79 Å². The van der Waals surface area contributed by atoms with E-state index in [0.717, 1.165) is 30.0 Å². The molecule has 2 heterocycles. The fourth-order valence-electron chi connectivity index (χ4n) is 2.32. The molecule has 0 bridgehead atoms. The Morgan fingerprint density at radius 3 is 2.88 bits per heavy atom. The summed E-state index contributed by atoms with van der Waals surface area (Å²) in [5, 5.41) is 7.61. The second-order valence-electron chi connectivity index (χ2n) is 6.53. The summed E-state index contributed by atoms with van der Waals surface area (Å²) in [6, 6.07) is 3.58. The summed E-state index contributed by atoms with van der Waals surface area (Å²) in [6.07, 6.45) is 2.49. The predicted octanol–water partition coefficient (Wildman–Crippen LogP) is 3.77. The number of thioether (sulfide) groups is 1. The molecule has 2 aromatic rings. The van der Waals surface area contributed by atoms with E-state index in [1.807, 2.05) is 13.8 Å². The maximum Gasteiger partial charge on any atom is 0.254 e. The van der Waals surface area contributed by atoms with Gasteiger partial charge < -0.3 is 14.6 Å². The van der Waals surface area contributed by atoms with Crippen LogP contribution in [0.3, 0.4) is 0 Å². The van der Waals surface area contributed by atoms with Gasteiger partial charge in [0.25, 0.3) is 5.91 Å². The van der Waals surface area contributed by atoms with Gasteiger partial charge in [-0.2, -0.15) is 0 Å². The van der Waals surface area contributed by atoms with Crippen molar-refractivity contribution in [1.29, 1.82) is 0 Å². The second kappa shape index (κ2) is 10.3. The minimum atomic E-state index is -0.108. The number of carbonyl (C=O) groups excluding carboxylic acids is 1. The lowest BCUT2D eigenvalue weighted by molar-refractivity contribution is 0.0922. The van der Waals surface area contributed by atoms with Crippen LogP contribution in [-0.2, 0) is 10.5 Å². The number of rotatable bonds is 10. The summed E-state index contributed by atoms with van der Waals surface area (Å²) in [4.78, 5) is 16.8.